The highest BCUT2D eigenvalue weighted by molar-refractivity contribution is 5.39. The lowest BCUT2D eigenvalue weighted by Gasteiger charge is -2.26. The molecule has 0 amide bonds. The van der Waals surface area contributed by atoms with Crippen LogP contribution in [0.4, 0.5) is 0 Å². The second kappa shape index (κ2) is 7.33. The van der Waals surface area contributed by atoms with Crippen molar-refractivity contribution in [2.75, 3.05) is 0 Å². The lowest BCUT2D eigenvalue weighted by Crippen LogP contribution is -2.17. The van der Waals surface area contributed by atoms with Crippen LogP contribution >= 0.6 is 0 Å². The average Bonchev–Trinajstić information content (AvgIpc) is 2.48. The Hall–Kier alpha value is -1.60. The highest BCUT2D eigenvalue weighted by atomic mass is 16.5. The molecule has 0 atom stereocenters. The molecule has 0 heterocycles. The summed E-state index contributed by atoms with van der Waals surface area (Å²) in [6.07, 6.45) is 0. The molecule has 1 nitrogen and oxygen atoms in total. The van der Waals surface area contributed by atoms with Crippen LogP contribution in [0.2, 0.25) is 0 Å². The predicted molar refractivity (Wildman–Crippen MR) is 108 cm³/mol. The molecule has 0 fully saturated rings. The van der Waals surface area contributed by atoms with E-state index in [0.29, 0.717) is 13.2 Å². The standard InChI is InChI=1S/C24H34O/c1-17-11-9-13-21(23(3,4)5)19(17)15-25-16-20-18(2)12-10-14-22(20)24(6,7)8/h9-14H,15-16H2,1-8H3. The highest BCUT2D eigenvalue weighted by Gasteiger charge is 2.21. The van der Waals surface area contributed by atoms with E-state index in [1.165, 1.54) is 33.4 Å². The van der Waals surface area contributed by atoms with Crippen molar-refractivity contribution >= 4 is 0 Å². The molecule has 2 aromatic rings. The van der Waals surface area contributed by atoms with Crippen LogP contribution in [-0.4, -0.2) is 0 Å². The van der Waals surface area contributed by atoms with Crippen molar-refractivity contribution in [1.82, 2.24) is 0 Å². The molecular formula is C24H34O. The number of hydrogen-bond acceptors (Lipinski definition) is 1. The summed E-state index contributed by atoms with van der Waals surface area (Å²) in [4.78, 5) is 0. The monoisotopic (exact) mass is 338 g/mol. The first-order valence-corrected chi connectivity index (χ1v) is 9.27. The van der Waals surface area contributed by atoms with Crippen molar-refractivity contribution in [2.24, 2.45) is 0 Å². The molecule has 1 heteroatoms. The first-order valence-electron chi connectivity index (χ1n) is 9.27. The molecule has 0 aromatic heterocycles. The molecule has 0 spiro atoms. The molecule has 2 aromatic carbocycles. The van der Waals surface area contributed by atoms with Crippen LogP contribution in [0.3, 0.4) is 0 Å². The third-order valence-corrected chi connectivity index (χ3v) is 4.93. The third-order valence-electron chi connectivity index (χ3n) is 4.93. The van der Waals surface area contributed by atoms with Crippen molar-refractivity contribution in [3.63, 3.8) is 0 Å². The lowest BCUT2D eigenvalue weighted by molar-refractivity contribution is 0.104. The van der Waals surface area contributed by atoms with E-state index in [1.807, 2.05) is 0 Å². The minimum absolute atomic E-state index is 0.129. The molecule has 0 bridgehead atoms. The summed E-state index contributed by atoms with van der Waals surface area (Å²) in [6.45, 7) is 19.3. The Morgan fingerprint density at radius 1 is 0.640 bits per heavy atom. The van der Waals surface area contributed by atoms with Gasteiger partial charge in [0.2, 0.25) is 0 Å². The van der Waals surface area contributed by atoms with Gasteiger partial charge in [-0.25, -0.2) is 0 Å². The second-order valence-electron chi connectivity index (χ2n) is 9.19. The van der Waals surface area contributed by atoms with Gasteiger partial charge in [0.1, 0.15) is 0 Å². The third kappa shape index (κ3) is 4.73. The van der Waals surface area contributed by atoms with Crippen molar-refractivity contribution in [3.05, 3.63) is 69.8 Å². The second-order valence-corrected chi connectivity index (χ2v) is 9.19. The predicted octanol–water partition coefficient (Wildman–Crippen LogP) is 6.62. The van der Waals surface area contributed by atoms with Crippen molar-refractivity contribution in [1.29, 1.82) is 0 Å². The van der Waals surface area contributed by atoms with Gasteiger partial charge < -0.3 is 4.74 Å². The number of aryl methyl sites for hydroxylation is 2. The Kier molecular flexibility index (Phi) is 5.79. The molecule has 0 N–H and O–H groups in total. The maximum atomic E-state index is 6.24. The maximum absolute atomic E-state index is 6.24. The topological polar surface area (TPSA) is 9.23 Å². The Morgan fingerprint density at radius 3 is 1.32 bits per heavy atom. The Labute approximate surface area is 154 Å². The van der Waals surface area contributed by atoms with E-state index in [9.17, 15) is 0 Å². The van der Waals surface area contributed by atoms with Gasteiger partial charge in [-0.15, -0.1) is 0 Å². The van der Waals surface area contributed by atoms with Gasteiger partial charge in [-0.05, 0) is 58.1 Å². The molecule has 2 rings (SSSR count). The van der Waals surface area contributed by atoms with Gasteiger partial charge in [0, 0.05) is 0 Å². The minimum Gasteiger partial charge on any atom is -0.372 e. The zero-order valence-electron chi connectivity index (χ0n) is 17.3. The molecule has 0 saturated carbocycles. The molecule has 136 valence electrons. The van der Waals surface area contributed by atoms with Crippen molar-refractivity contribution in [3.8, 4) is 0 Å². The van der Waals surface area contributed by atoms with Gasteiger partial charge in [-0.2, -0.15) is 0 Å². The Bertz CT molecular complexity index is 663. The smallest absolute Gasteiger partial charge is 0.0726 e. The SMILES string of the molecule is Cc1cccc(C(C)(C)C)c1COCc1c(C)cccc1C(C)(C)C. The minimum atomic E-state index is 0.129. The van der Waals surface area contributed by atoms with Crippen LogP contribution < -0.4 is 0 Å². The van der Waals surface area contributed by atoms with Crippen LogP contribution in [0.1, 0.15) is 74.9 Å². The fourth-order valence-electron chi connectivity index (χ4n) is 3.45. The maximum Gasteiger partial charge on any atom is 0.0726 e. The number of ether oxygens (including phenoxy) is 1. The first-order chi connectivity index (χ1) is 11.5. The lowest BCUT2D eigenvalue weighted by atomic mass is 9.82. The zero-order valence-corrected chi connectivity index (χ0v) is 17.3. The van der Waals surface area contributed by atoms with Gasteiger partial charge in [-0.1, -0.05) is 77.9 Å². The summed E-state index contributed by atoms with van der Waals surface area (Å²) in [7, 11) is 0. The Morgan fingerprint density at radius 2 is 1.00 bits per heavy atom. The number of hydrogen-bond donors (Lipinski definition) is 0. The fourth-order valence-corrected chi connectivity index (χ4v) is 3.45. The molecule has 0 radical (unpaired) electrons. The van der Waals surface area contributed by atoms with E-state index in [1.54, 1.807) is 0 Å². The van der Waals surface area contributed by atoms with E-state index < -0.39 is 0 Å². The molecule has 0 saturated heterocycles. The molecule has 0 aliphatic carbocycles. The van der Waals surface area contributed by atoms with Gasteiger partial charge >= 0.3 is 0 Å². The van der Waals surface area contributed by atoms with Gasteiger partial charge in [0.15, 0.2) is 0 Å². The van der Waals surface area contributed by atoms with Crippen molar-refractivity contribution in [2.45, 2.75) is 79.4 Å². The van der Waals surface area contributed by atoms with E-state index in [0.717, 1.165) is 0 Å². The summed E-state index contributed by atoms with van der Waals surface area (Å²) >= 11 is 0. The highest BCUT2D eigenvalue weighted by Crippen LogP contribution is 2.31. The van der Waals surface area contributed by atoms with E-state index >= 15 is 0 Å². The Balaban J connectivity index is 2.24. The average molecular weight is 339 g/mol. The van der Waals surface area contributed by atoms with E-state index in [-0.39, 0.29) is 10.8 Å². The van der Waals surface area contributed by atoms with Crippen LogP contribution in [0.5, 0.6) is 0 Å². The zero-order chi connectivity index (χ0) is 18.8. The number of rotatable bonds is 4. The van der Waals surface area contributed by atoms with Gasteiger partial charge in [-0.3, -0.25) is 0 Å². The van der Waals surface area contributed by atoms with Crippen LogP contribution in [-0.2, 0) is 28.8 Å². The van der Waals surface area contributed by atoms with Crippen LogP contribution in [0, 0.1) is 13.8 Å². The summed E-state index contributed by atoms with van der Waals surface area (Å²) in [6, 6.07) is 13.1. The van der Waals surface area contributed by atoms with Crippen LogP contribution in [0.15, 0.2) is 36.4 Å². The van der Waals surface area contributed by atoms with Crippen LogP contribution in [0.25, 0.3) is 0 Å². The number of benzene rings is 2. The van der Waals surface area contributed by atoms with E-state index in [2.05, 4.69) is 91.8 Å². The summed E-state index contributed by atoms with van der Waals surface area (Å²) < 4.78 is 6.24. The summed E-state index contributed by atoms with van der Waals surface area (Å²) in [5, 5.41) is 0. The molecule has 0 unspecified atom stereocenters. The van der Waals surface area contributed by atoms with Crippen molar-refractivity contribution < 1.29 is 4.74 Å². The summed E-state index contributed by atoms with van der Waals surface area (Å²) in [5.41, 5.74) is 8.32. The summed E-state index contributed by atoms with van der Waals surface area (Å²) in [5.74, 6) is 0. The van der Waals surface area contributed by atoms with E-state index in [4.69, 9.17) is 4.74 Å². The molecule has 0 aliphatic rings. The molecular weight excluding hydrogens is 304 g/mol. The quantitative estimate of drug-likeness (QED) is 0.609. The molecule has 0 aliphatic heterocycles. The van der Waals surface area contributed by atoms with Gasteiger partial charge in [0.05, 0.1) is 13.2 Å². The fraction of sp³-hybridized carbons (Fsp3) is 0.500. The van der Waals surface area contributed by atoms with Gasteiger partial charge in [0.25, 0.3) is 0 Å². The first kappa shape index (κ1) is 19.7. The largest absolute Gasteiger partial charge is 0.372 e. The normalized spacial score (nSPS) is 12.5. The molecule has 25 heavy (non-hydrogen) atoms.